The molecule has 2 heterocycles. The van der Waals surface area contributed by atoms with Crippen molar-refractivity contribution in [3.05, 3.63) is 53.6 Å². The van der Waals surface area contributed by atoms with Crippen LogP contribution in [0.2, 0.25) is 0 Å². The molecule has 0 aliphatic carbocycles. The van der Waals surface area contributed by atoms with Gasteiger partial charge in [-0.1, -0.05) is 19.1 Å². The average molecular weight is 496 g/mol. The highest BCUT2D eigenvalue weighted by molar-refractivity contribution is 5.99. The SMILES string of the molecule is CCC(=O)Nc1ccc2c(c1)C(=O)N(C)[C@H]1CC[C@H](CC(=O)NCc3ccc(OC)cc3)O[C@H]1CO2. The number of ether oxygens (including phenoxy) is 3. The fourth-order valence-corrected chi connectivity index (χ4v) is 4.58. The number of hydrogen-bond acceptors (Lipinski definition) is 6. The number of likely N-dealkylation sites (N-methyl/N-ethyl adjacent to an activating group) is 1. The van der Waals surface area contributed by atoms with Crippen LogP contribution in [-0.2, 0) is 20.9 Å². The van der Waals surface area contributed by atoms with E-state index in [9.17, 15) is 14.4 Å². The Labute approximate surface area is 211 Å². The lowest BCUT2D eigenvalue weighted by molar-refractivity contribution is -0.134. The second-order valence-corrected chi connectivity index (χ2v) is 9.11. The van der Waals surface area contributed by atoms with Crippen LogP contribution < -0.4 is 20.1 Å². The lowest BCUT2D eigenvalue weighted by Crippen LogP contribution is -2.53. The van der Waals surface area contributed by atoms with Gasteiger partial charge < -0.3 is 29.7 Å². The summed E-state index contributed by atoms with van der Waals surface area (Å²) in [6.45, 7) is 2.46. The number of rotatable bonds is 7. The number of hydrogen-bond donors (Lipinski definition) is 2. The van der Waals surface area contributed by atoms with E-state index in [0.29, 0.717) is 42.8 Å². The van der Waals surface area contributed by atoms with E-state index in [1.54, 1.807) is 44.2 Å². The summed E-state index contributed by atoms with van der Waals surface area (Å²) in [6, 6.07) is 12.4. The number of benzene rings is 2. The minimum Gasteiger partial charge on any atom is -0.497 e. The van der Waals surface area contributed by atoms with Gasteiger partial charge in [0, 0.05) is 25.7 Å². The number of nitrogens with zero attached hydrogens (tertiary/aromatic N) is 1. The molecule has 9 nitrogen and oxygen atoms in total. The maximum absolute atomic E-state index is 13.3. The zero-order chi connectivity index (χ0) is 25.7. The molecule has 2 aliphatic heterocycles. The lowest BCUT2D eigenvalue weighted by atomic mass is 9.94. The first-order valence-corrected chi connectivity index (χ1v) is 12.3. The number of carbonyl (C=O) groups excluding carboxylic acids is 3. The molecule has 4 rings (SSSR count). The highest BCUT2D eigenvalue weighted by Gasteiger charge is 2.39. The number of fused-ring (bicyclic) bond motifs is 2. The van der Waals surface area contributed by atoms with Gasteiger partial charge in [0.2, 0.25) is 11.8 Å². The Morgan fingerprint density at radius 1 is 1.11 bits per heavy atom. The molecule has 2 aromatic carbocycles. The minimum absolute atomic E-state index is 0.0857. The smallest absolute Gasteiger partial charge is 0.257 e. The molecule has 0 radical (unpaired) electrons. The molecule has 2 N–H and O–H groups in total. The fourth-order valence-electron chi connectivity index (χ4n) is 4.58. The zero-order valence-electron chi connectivity index (χ0n) is 20.9. The van der Waals surface area contributed by atoms with E-state index in [2.05, 4.69) is 10.6 Å². The van der Waals surface area contributed by atoms with Crippen LogP contribution in [0.4, 0.5) is 5.69 Å². The third-order valence-electron chi connectivity index (χ3n) is 6.68. The highest BCUT2D eigenvalue weighted by atomic mass is 16.5. The summed E-state index contributed by atoms with van der Waals surface area (Å²) in [7, 11) is 3.38. The molecule has 3 atom stereocenters. The van der Waals surface area contributed by atoms with Crippen LogP contribution in [0, 0.1) is 0 Å². The first-order chi connectivity index (χ1) is 17.4. The molecule has 0 aromatic heterocycles. The van der Waals surface area contributed by atoms with Crippen LogP contribution in [-0.4, -0.2) is 61.6 Å². The van der Waals surface area contributed by atoms with E-state index in [-0.39, 0.29) is 49.0 Å². The Morgan fingerprint density at radius 3 is 2.61 bits per heavy atom. The van der Waals surface area contributed by atoms with E-state index >= 15 is 0 Å². The van der Waals surface area contributed by atoms with E-state index in [4.69, 9.17) is 14.2 Å². The molecule has 36 heavy (non-hydrogen) atoms. The van der Waals surface area contributed by atoms with Crippen molar-refractivity contribution in [2.24, 2.45) is 0 Å². The van der Waals surface area contributed by atoms with Gasteiger partial charge in [0.15, 0.2) is 0 Å². The largest absolute Gasteiger partial charge is 0.497 e. The molecule has 1 saturated heterocycles. The molecule has 0 saturated carbocycles. The molecular weight excluding hydrogens is 462 g/mol. The van der Waals surface area contributed by atoms with Crippen LogP contribution in [0.1, 0.15) is 48.5 Å². The van der Waals surface area contributed by atoms with Crippen LogP contribution in [0.5, 0.6) is 11.5 Å². The van der Waals surface area contributed by atoms with Gasteiger partial charge in [-0.2, -0.15) is 0 Å². The van der Waals surface area contributed by atoms with Crippen molar-refractivity contribution >= 4 is 23.4 Å². The van der Waals surface area contributed by atoms with Crippen molar-refractivity contribution in [1.82, 2.24) is 10.2 Å². The van der Waals surface area contributed by atoms with E-state index in [1.807, 2.05) is 24.3 Å². The van der Waals surface area contributed by atoms with Gasteiger partial charge >= 0.3 is 0 Å². The Hall–Kier alpha value is -3.59. The number of carbonyl (C=O) groups is 3. The van der Waals surface area contributed by atoms with Gasteiger partial charge in [0.25, 0.3) is 5.91 Å². The maximum atomic E-state index is 13.3. The lowest BCUT2D eigenvalue weighted by Gasteiger charge is -2.42. The van der Waals surface area contributed by atoms with E-state index in [1.165, 1.54) is 0 Å². The standard InChI is InChI=1S/C27H33N3O6/c1-4-25(31)29-18-7-12-23-21(13-18)27(33)30(2)22-11-10-20(36-24(22)16-35-23)14-26(32)28-15-17-5-8-19(34-3)9-6-17/h5-9,12-13,20,22,24H,4,10-11,14-16H2,1-3H3,(H,28,32)(H,29,31)/t20-,22+,24+/m1/s1. The van der Waals surface area contributed by atoms with Gasteiger partial charge in [-0.3, -0.25) is 14.4 Å². The van der Waals surface area contributed by atoms with Crippen molar-refractivity contribution in [3.8, 4) is 11.5 Å². The minimum atomic E-state index is -0.347. The Morgan fingerprint density at radius 2 is 1.89 bits per heavy atom. The Bertz CT molecular complexity index is 1100. The zero-order valence-corrected chi connectivity index (χ0v) is 20.9. The second-order valence-electron chi connectivity index (χ2n) is 9.11. The summed E-state index contributed by atoms with van der Waals surface area (Å²) in [5, 5.41) is 5.73. The molecule has 0 spiro atoms. The first-order valence-electron chi connectivity index (χ1n) is 12.3. The maximum Gasteiger partial charge on any atom is 0.257 e. The average Bonchev–Trinajstić information content (AvgIpc) is 2.90. The topological polar surface area (TPSA) is 106 Å². The number of amides is 3. The number of methoxy groups -OCH3 is 1. The van der Waals surface area contributed by atoms with Gasteiger partial charge in [-0.25, -0.2) is 0 Å². The molecule has 192 valence electrons. The fraction of sp³-hybridized carbons (Fsp3) is 0.444. The van der Waals surface area contributed by atoms with Crippen molar-refractivity contribution < 1.29 is 28.6 Å². The van der Waals surface area contributed by atoms with Gasteiger partial charge in [-0.05, 0) is 48.7 Å². The normalized spacial score (nSPS) is 21.2. The quantitative estimate of drug-likeness (QED) is 0.611. The first kappa shape index (κ1) is 25.5. The van der Waals surface area contributed by atoms with Crippen molar-refractivity contribution in [2.45, 2.75) is 57.4 Å². The molecule has 3 amide bonds. The summed E-state index contributed by atoms with van der Waals surface area (Å²) < 4.78 is 17.4. The molecule has 0 bridgehead atoms. The number of anilines is 1. The third kappa shape index (κ3) is 5.96. The Kier molecular flexibility index (Phi) is 8.10. The third-order valence-corrected chi connectivity index (χ3v) is 6.68. The molecule has 2 aliphatic rings. The van der Waals surface area contributed by atoms with Crippen molar-refractivity contribution in [2.75, 3.05) is 26.1 Å². The van der Waals surface area contributed by atoms with Crippen LogP contribution in [0.3, 0.4) is 0 Å². The van der Waals surface area contributed by atoms with Crippen LogP contribution >= 0.6 is 0 Å². The molecule has 0 unspecified atom stereocenters. The van der Waals surface area contributed by atoms with Crippen molar-refractivity contribution in [3.63, 3.8) is 0 Å². The summed E-state index contributed by atoms with van der Waals surface area (Å²) in [5.74, 6) is 0.820. The summed E-state index contributed by atoms with van der Waals surface area (Å²) in [5.41, 5.74) is 1.95. The van der Waals surface area contributed by atoms with E-state index < -0.39 is 0 Å². The van der Waals surface area contributed by atoms with Crippen LogP contribution in [0.15, 0.2) is 42.5 Å². The van der Waals surface area contributed by atoms with Crippen molar-refractivity contribution in [1.29, 1.82) is 0 Å². The summed E-state index contributed by atoms with van der Waals surface area (Å²) in [4.78, 5) is 39.3. The highest BCUT2D eigenvalue weighted by Crippen LogP contribution is 2.32. The summed E-state index contributed by atoms with van der Waals surface area (Å²) in [6.07, 6.45) is 1.36. The predicted octanol–water partition coefficient (Wildman–Crippen LogP) is 3.13. The molecule has 2 aromatic rings. The van der Waals surface area contributed by atoms with Gasteiger partial charge in [-0.15, -0.1) is 0 Å². The second kappa shape index (κ2) is 11.4. The van der Waals surface area contributed by atoms with Gasteiger partial charge in [0.05, 0.1) is 31.2 Å². The molecule has 1 fully saturated rings. The van der Waals surface area contributed by atoms with Crippen LogP contribution in [0.25, 0.3) is 0 Å². The van der Waals surface area contributed by atoms with Gasteiger partial charge in [0.1, 0.15) is 24.2 Å². The summed E-state index contributed by atoms with van der Waals surface area (Å²) >= 11 is 0. The van der Waals surface area contributed by atoms with E-state index in [0.717, 1.165) is 11.3 Å². The molecule has 9 heteroatoms. The number of nitrogens with one attached hydrogen (secondary N) is 2. The molecular formula is C27H33N3O6. The Balaban J connectivity index is 1.36. The monoisotopic (exact) mass is 495 g/mol. The predicted molar refractivity (Wildman–Crippen MR) is 134 cm³/mol.